The second-order valence-corrected chi connectivity index (χ2v) is 26.4. The van der Waals surface area contributed by atoms with Crippen molar-refractivity contribution in [2.75, 3.05) is 13.1 Å². The number of H-pyrrole nitrogens is 1. The van der Waals surface area contributed by atoms with Gasteiger partial charge in [-0.2, -0.15) is 20.4 Å². The molecule has 1 saturated heterocycles. The van der Waals surface area contributed by atoms with Gasteiger partial charge < -0.3 is 19.6 Å². The van der Waals surface area contributed by atoms with Gasteiger partial charge in [0.2, 0.25) is 0 Å². The second kappa shape index (κ2) is 49.9. The quantitative estimate of drug-likeness (QED) is 0.116. The zero-order valence-corrected chi connectivity index (χ0v) is 62.8. The molecule has 8 aromatic rings. The highest BCUT2D eigenvalue weighted by Crippen LogP contribution is 2.18. The summed E-state index contributed by atoms with van der Waals surface area (Å²) in [6.45, 7) is 49.9. The number of pyridine rings is 2. The van der Waals surface area contributed by atoms with Gasteiger partial charge in [-0.05, 0) is 108 Å². The average molecular weight is 1340 g/mol. The number of thiazole rings is 1. The highest BCUT2D eigenvalue weighted by Gasteiger charge is 2.21. The van der Waals surface area contributed by atoms with Gasteiger partial charge in [0, 0.05) is 163 Å². The lowest BCUT2D eigenvalue weighted by atomic mass is 10.1. The van der Waals surface area contributed by atoms with Crippen LogP contribution < -0.4 is 10.9 Å². The van der Waals surface area contributed by atoms with Crippen LogP contribution in [0.4, 0.5) is 4.79 Å². The first kappa shape index (κ1) is 85.5. The summed E-state index contributed by atoms with van der Waals surface area (Å²) in [6, 6.07) is 18.5. The van der Waals surface area contributed by atoms with Crippen LogP contribution in [0.5, 0.6) is 0 Å². The number of rotatable bonds is 12. The maximum absolute atomic E-state index is 10.8. The van der Waals surface area contributed by atoms with Crippen LogP contribution in [0, 0.1) is 11.8 Å². The number of carbonyl (C=O) groups is 1. The molecule has 0 saturated carbocycles. The van der Waals surface area contributed by atoms with E-state index in [1.807, 2.05) is 136 Å². The van der Waals surface area contributed by atoms with Crippen molar-refractivity contribution in [3.8, 4) is 0 Å². The summed E-state index contributed by atoms with van der Waals surface area (Å²) in [7, 11) is 0. The Hall–Kier alpha value is -8.53. The molecular weight excluding hydrogens is 1220 g/mol. The maximum atomic E-state index is 10.8. The van der Waals surface area contributed by atoms with Crippen LogP contribution >= 0.6 is 11.3 Å². The third kappa shape index (κ3) is 38.7. The summed E-state index contributed by atoms with van der Waals surface area (Å²) in [4.78, 5) is 62.8. The molecule has 0 atom stereocenters. The van der Waals surface area contributed by atoms with Gasteiger partial charge in [0.1, 0.15) is 30.6 Å². The Morgan fingerprint density at radius 3 is 1.42 bits per heavy atom. The van der Waals surface area contributed by atoms with Gasteiger partial charge >= 0.3 is 6.03 Å². The molecular formula is C74H116N18O3S. The topological polar surface area (TPSA) is 254 Å². The van der Waals surface area contributed by atoms with Crippen molar-refractivity contribution in [3.05, 3.63) is 191 Å². The SMILES string of the molecule is CC(C)C1=NN=CC1.CC(C)N1CCNC1=O.CC(C)c1ccccn1.CC(C)c1ccccn1.CC(C)c1nccc(=O)[nH]1.CC(C)c1ncccn1.CC(C)c1ncco1.CC(C)c1nccs1.CC(C)n1cccn1.CC(C)n1cncn1.CCC1=CCC(C(C)C)=N1. The van der Waals surface area contributed by atoms with E-state index < -0.39 is 0 Å². The Kier molecular flexibility index (Phi) is 44.5. The smallest absolute Gasteiger partial charge is 0.317 e. The molecule has 96 heavy (non-hydrogen) atoms. The monoisotopic (exact) mass is 1340 g/mol. The van der Waals surface area contributed by atoms with E-state index in [-0.39, 0.29) is 17.5 Å². The molecule has 0 spiro atoms. The fourth-order valence-electron chi connectivity index (χ4n) is 7.54. The Balaban J connectivity index is 0.000000528. The van der Waals surface area contributed by atoms with Crippen molar-refractivity contribution in [3.63, 3.8) is 0 Å². The number of nitrogens with zero attached hydrogens (tertiary/aromatic N) is 16. The molecule has 2 amide bonds. The van der Waals surface area contributed by atoms with Gasteiger partial charge in [0.05, 0.1) is 11.2 Å². The summed E-state index contributed by atoms with van der Waals surface area (Å²) in [5.41, 5.74) is 6.05. The highest BCUT2D eigenvalue weighted by molar-refractivity contribution is 7.09. The molecule has 526 valence electrons. The fraction of sp³-hybridized carbons (Fsp3) is 0.527. The first-order valence-corrected chi connectivity index (χ1v) is 34.6. The molecule has 1 fully saturated rings. The van der Waals surface area contributed by atoms with Gasteiger partial charge in [-0.3, -0.25) is 29.1 Å². The first-order valence-electron chi connectivity index (χ1n) is 33.7. The van der Waals surface area contributed by atoms with Crippen molar-refractivity contribution in [1.82, 2.24) is 74.6 Å². The summed E-state index contributed by atoms with van der Waals surface area (Å²) < 4.78 is 8.71. The van der Waals surface area contributed by atoms with Crippen LogP contribution in [0.1, 0.15) is 260 Å². The van der Waals surface area contributed by atoms with Crippen LogP contribution in [-0.4, -0.2) is 112 Å². The Labute approximate surface area is 579 Å². The largest absolute Gasteiger partial charge is 0.449 e. The summed E-state index contributed by atoms with van der Waals surface area (Å²) >= 11 is 1.72. The lowest BCUT2D eigenvalue weighted by Gasteiger charge is -2.17. The molecule has 0 aliphatic carbocycles. The van der Waals surface area contributed by atoms with Gasteiger partial charge in [0.15, 0.2) is 5.89 Å². The third-order valence-corrected chi connectivity index (χ3v) is 14.5. The minimum absolute atomic E-state index is 0.0741. The highest BCUT2D eigenvalue weighted by atomic mass is 32.1. The predicted octanol–water partition coefficient (Wildman–Crippen LogP) is 18.0. The van der Waals surface area contributed by atoms with Crippen molar-refractivity contribution in [2.24, 2.45) is 27.0 Å². The number of aliphatic imine (C=N–C) groups is 1. The Morgan fingerprint density at radius 2 is 1.16 bits per heavy atom. The van der Waals surface area contributed by atoms with Gasteiger partial charge in [-0.15, -0.1) is 11.3 Å². The second-order valence-electron chi connectivity index (χ2n) is 25.4. The van der Waals surface area contributed by atoms with Crippen LogP contribution in [0.3, 0.4) is 0 Å². The van der Waals surface area contributed by atoms with E-state index in [1.165, 1.54) is 34.4 Å². The molecule has 0 radical (unpaired) electrons. The molecule has 11 rings (SSSR count). The maximum Gasteiger partial charge on any atom is 0.317 e. The number of oxazole rings is 1. The Morgan fingerprint density at radius 1 is 0.542 bits per heavy atom. The first-order chi connectivity index (χ1) is 45.6. The lowest BCUT2D eigenvalue weighted by molar-refractivity contribution is 0.206. The van der Waals surface area contributed by atoms with E-state index in [4.69, 9.17) is 4.42 Å². The zero-order valence-electron chi connectivity index (χ0n) is 62.0. The van der Waals surface area contributed by atoms with Gasteiger partial charge in [0.25, 0.3) is 5.56 Å². The molecule has 22 heteroatoms. The zero-order chi connectivity index (χ0) is 72.0. The summed E-state index contributed by atoms with van der Waals surface area (Å²) in [6.07, 6.45) is 28.0. The standard InChI is InChI=1S/C9H15N.2C8H11N.C7H10N2O.C7H10N2.C6H12N2O.2C6H10N2.C6H9NO.C6H9NS.C5H9N3/c1-4-8-5-6-9(10-8)7(2)3;2*1-7(2)8-5-3-4-6-9-8;1-5(2)7-8-4-3-6(10)9-7;1-6(2)7-8-4-3-5-9-7;1-5(2)8-4-3-7-6(8)9;1-6(2)8-5-3-4-7-8;1-5(2)6-3-4-7-8-6;2*1-5(2)6-7-3-4-8-6;1-5(2)8-4-6-3-7-8/h5,7H,4,6H2,1-3H3;2*3-7H,1-2H3;3-5H,1-2H3,(H,8,9,10);3-6H,1-2H3;5H,3-4H2,1-2H3,(H,7,9);3-6H,1-2H3;4-5H,3H2,1-2H3;3*3-5H,1-2H3. The van der Waals surface area contributed by atoms with Crippen LogP contribution in [-0.2, 0) is 0 Å². The average Bonchev–Trinajstić information content (AvgIpc) is 3.47. The fourth-order valence-corrected chi connectivity index (χ4v) is 8.19. The summed E-state index contributed by atoms with van der Waals surface area (Å²) in [5.74, 6) is 6.48. The van der Waals surface area contributed by atoms with E-state index in [0.29, 0.717) is 59.6 Å². The van der Waals surface area contributed by atoms with Crippen LogP contribution in [0.2, 0.25) is 0 Å². The minimum Gasteiger partial charge on any atom is -0.449 e. The van der Waals surface area contributed by atoms with E-state index in [1.54, 1.807) is 59.7 Å². The molecule has 2 N–H and O–H groups in total. The van der Waals surface area contributed by atoms with E-state index in [9.17, 15) is 9.59 Å². The van der Waals surface area contributed by atoms with E-state index in [0.717, 1.165) is 61.3 Å². The number of hydrogen-bond acceptors (Lipinski definition) is 17. The number of aromatic amines is 1. The lowest BCUT2D eigenvalue weighted by Crippen LogP contribution is -2.33. The number of amides is 2. The minimum atomic E-state index is -0.0845. The van der Waals surface area contributed by atoms with Gasteiger partial charge in [-0.25, -0.2) is 34.7 Å². The molecule has 8 aromatic heterocycles. The predicted molar refractivity (Wildman–Crippen MR) is 397 cm³/mol. The van der Waals surface area contributed by atoms with Crippen molar-refractivity contribution in [1.29, 1.82) is 0 Å². The molecule has 0 aromatic carbocycles. The normalized spacial score (nSPS) is 12.5. The Bertz CT molecular complexity index is 3060. The number of aromatic nitrogens is 13. The number of hydrogen-bond donors (Lipinski definition) is 2. The molecule has 0 bridgehead atoms. The number of carbonyl (C=O) groups excluding carboxylic acids is 1. The molecule has 0 unspecified atom stereocenters. The van der Waals surface area contributed by atoms with Crippen molar-refractivity contribution < 1.29 is 9.21 Å². The molecule has 3 aliphatic rings. The van der Waals surface area contributed by atoms with Crippen molar-refractivity contribution >= 4 is 35.0 Å². The number of urea groups is 1. The molecule has 11 heterocycles. The number of nitrogens with one attached hydrogen (secondary N) is 2. The number of allylic oxidation sites excluding steroid dienone is 2. The van der Waals surface area contributed by atoms with Crippen LogP contribution in [0.25, 0.3) is 0 Å². The van der Waals surface area contributed by atoms with E-state index >= 15 is 0 Å². The van der Waals surface area contributed by atoms with E-state index in [2.05, 4.69) is 199 Å². The molecule has 3 aliphatic heterocycles. The molecule has 21 nitrogen and oxygen atoms in total. The van der Waals surface area contributed by atoms with Gasteiger partial charge in [-0.1, -0.05) is 136 Å². The van der Waals surface area contributed by atoms with Crippen molar-refractivity contribution in [2.45, 2.75) is 232 Å². The summed E-state index contributed by atoms with van der Waals surface area (Å²) in [5, 5.41) is 21.6. The third-order valence-electron chi connectivity index (χ3n) is 13.4. The van der Waals surface area contributed by atoms with Crippen LogP contribution in [0.15, 0.2) is 171 Å².